The van der Waals surface area contributed by atoms with Crippen LogP contribution in [0.3, 0.4) is 0 Å². The van der Waals surface area contributed by atoms with Crippen LogP contribution in [0.2, 0.25) is 0 Å². The first kappa shape index (κ1) is 14.4. The van der Waals surface area contributed by atoms with Gasteiger partial charge in [0.25, 0.3) is 5.91 Å². The van der Waals surface area contributed by atoms with Gasteiger partial charge >= 0.3 is 5.69 Å². The van der Waals surface area contributed by atoms with Crippen LogP contribution in [-0.2, 0) is 9.84 Å². The molecule has 1 fully saturated rings. The standard InChI is InChI=1S/C11H11FN2O5S/c12-9-5-7(1-2-10(9)14(16)17)11(15)13-8-3-4-20(18,19)6-8/h1-2,5,8H,3-4,6H2,(H,13,15). The smallest absolute Gasteiger partial charge is 0.304 e. The molecular weight excluding hydrogens is 291 g/mol. The molecule has 1 aromatic rings. The second kappa shape index (κ2) is 5.16. The topological polar surface area (TPSA) is 106 Å². The Hall–Kier alpha value is -2.03. The molecule has 2 rings (SSSR count). The first-order valence-electron chi connectivity index (χ1n) is 5.74. The van der Waals surface area contributed by atoms with Crippen molar-refractivity contribution in [1.82, 2.24) is 5.32 Å². The van der Waals surface area contributed by atoms with E-state index in [1.54, 1.807) is 0 Å². The number of nitrogens with one attached hydrogen (secondary N) is 1. The number of amides is 1. The van der Waals surface area contributed by atoms with E-state index in [1.165, 1.54) is 0 Å². The fraction of sp³-hybridized carbons (Fsp3) is 0.364. The van der Waals surface area contributed by atoms with Crippen LogP contribution in [0.4, 0.5) is 10.1 Å². The van der Waals surface area contributed by atoms with E-state index in [0.717, 1.165) is 18.2 Å². The molecule has 1 aromatic carbocycles. The van der Waals surface area contributed by atoms with Crippen LogP contribution in [0.15, 0.2) is 18.2 Å². The monoisotopic (exact) mass is 302 g/mol. The number of hydrogen-bond donors (Lipinski definition) is 1. The Morgan fingerprint density at radius 2 is 2.15 bits per heavy atom. The third-order valence-electron chi connectivity index (χ3n) is 2.97. The second-order valence-electron chi connectivity index (χ2n) is 4.50. The Bertz CT molecular complexity index is 673. The lowest BCUT2D eigenvalue weighted by Crippen LogP contribution is -2.35. The van der Waals surface area contributed by atoms with Crippen molar-refractivity contribution in [2.24, 2.45) is 0 Å². The lowest BCUT2D eigenvalue weighted by molar-refractivity contribution is -0.387. The summed E-state index contributed by atoms with van der Waals surface area (Å²) < 4.78 is 35.9. The van der Waals surface area contributed by atoms with E-state index in [2.05, 4.69) is 5.32 Å². The molecule has 0 aliphatic carbocycles. The van der Waals surface area contributed by atoms with E-state index in [4.69, 9.17) is 0 Å². The maximum Gasteiger partial charge on any atom is 0.304 e. The fourth-order valence-corrected chi connectivity index (χ4v) is 3.65. The van der Waals surface area contributed by atoms with Crippen LogP contribution in [-0.4, -0.2) is 36.8 Å². The summed E-state index contributed by atoms with van der Waals surface area (Å²) in [5, 5.41) is 12.9. The van der Waals surface area contributed by atoms with Crippen LogP contribution >= 0.6 is 0 Å². The number of nitro groups is 1. The molecule has 0 bridgehead atoms. The van der Waals surface area contributed by atoms with Crippen LogP contribution in [0.1, 0.15) is 16.8 Å². The minimum absolute atomic E-state index is 0.00652. The zero-order valence-corrected chi connectivity index (χ0v) is 11.0. The molecule has 1 amide bonds. The maximum absolute atomic E-state index is 13.4. The highest BCUT2D eigenvalue weighted by Crippen LogP contribution is 2.18. The maximum atomic E-state index is 13.4. The molecule has 7 nitrogen and oxygen atoms in total. The minimum Gasteiger partial charge on any atom is -0.348 e. The van der Waals surface area contributed by atoms with Gasteiger partial charge in [0.05, 0.1) is 16.4 Å². The summed E-state index contributed by atoms with van der Waals surface area (Å²) in [6.45, 7) is 0. The van der Waals surface area contributed by atoms with E-state index >= 15 is 0 Å². The highest BCUT2D eigenvalue weighted by molar-refractivity contribution is 7.91. The van der Waals surface area contributed by atoms with Crippen molar-refractivity contribution < 1.29 is 22.5 Å². The fourth-order valence-electron chi connectivity index (χ4n) is 1.97. The highest BCUT2D eigenvalue weighted by Gasteiger charge is 2.29. The summed E-state index contributed by atoms with van der Waals surface area (Å²) in [6, 6.07) is 2.28. The van der Waals surface area contributed by atoms with Gasteiger partial charge in [-0.2, -0.15) is 4.39 Å². The van der Waals surface area contributed by atoms with Crippen molar-refractivity contribution in [1.29, 1.82) is 0 Å². The van der Waals surface area contributed by atoms with Crippen molar-refractivity contribution in [2.75, 3.05) is 11.5 Å². The zero-order valence-electron chi connectivity index (χ0n) is 10.2. The van der Waals surface area contributed by atoms with Gasteiger partial charge in [0, 0.05) is 17.7 Å². The third kappa shape index (κ3) is 3.10. The van der Waals surface area contributed by atoms with Gasteiger partial charge in [-0.05, 0) is 18.6 Å². The van der Waals surface area contributed by atoms with Crippen LogP contribution in [0.25, 0.3) is 0 Å². The first-order chi connectivity index (χ1) is 9.28. The molecule has 1 atom stereocenters. The number of halogens is 1. The average molecular weight is 302 g/mol. The average Bonchev–Trinajstić information content (AvgIpc) is 2.68. The SMILES string of the molecule is O=C(NC1CCS(=O)(=O)C1)c1ccc([N+](=O)[O-])c(F)c1. The molecule has 1 saturated heterocycles. The molecular formula is C11H11FN2O5S. The lowest BCUT2D eigenvalue weighted by Gasteiger charge is -2.10. The summed E-state index contributed by atoms with van der Waals surface area (Å²) in [5.41, 5.74) is -0.803. The molecule has 0 aromatic heterocycles. The molecule has 1 aliphatic rings. The molecule has 1 heterocycles. The predicted octanol–water partition coefficient (Wildman–Crippen LogP) is 0.651. The second-order valence-corrected chi connectivity index (χ2v) is 6.73. The summed E-state index contributed by atoms with van der Waals surface area (Å²) in [4.78, 5) is 21.4. The van der Waals surface area contributed by atoms with Crippen molar-refractivity contribution in [2.45, 2.75) is 12.5 Å². The van der Waals surface area contributed by atoms with E-state index in [1.807, 2.05) is 0 Å². The molecule has 20 heavy (non-hydrogen) atoms. The summed E-state index contributed by atoms with van der Waals surface area (Å²) in [5.74, 6) is -1.90. The molecule has 1 N–H and O–H groups in total. The lowest BCUT2D eigenvalue weighted by atomic mass is 10.1. The number of carbonyl (C=O) groups excluding carboxylic acids is 1. The van der Waals surface area contributed by atoms with Crippen LogP contribution in [0, 0.1) is 15.9 Å². The number of rotatable bonds is 3. The van der Waals surface area contributed by atoms with E-state index < -0.39 is 38.2 Å². The molecule has 0 spiro atoms. The van der Waals surface area contributed by atoms with Gasteiger partial charge in [-0.1, -0.05) is 0 Å². The largest absolute Gasteiger partial charge is 0.348 e. The van der Waals surface area contributed by atoms with Gasteiger partial charge in [0.15, 0.2) is 9.84 Å². The Labute approximate surface area is 113 Å². The van der Waals surface area contributed by atoms with Gasteiger partial charge in [0.1, 0.15) is 0 Å². The normalized spacial score (nSPS) is 20.6. The Morgan fingerprint density at radius 3 is 2.65 bits per heavy atom. The van der Waals surface area contributed by atoms with Gasteiger partial charge < -0.3 is 5.32 Å². The van der Waals surface area contributed by atoms with E-state index in [-0.39, 0.29) is 17.1 Å². The van der Waals surface area contributed by atoms with Gasteiger partial charge in [0.2, 0.25) is 5.82 Å². The van der Waals surface area contributed by atoms with Gasteiger partial charge in [-0.25, -0.2) is 8.42 Å². The predicted molar refractivity (Wildman–Crippen MR) is 67.6 cm³/mol. The Balaban J connectivity index is 2.10. The molecule has 0 radical (unpaired) electrons. The highest BCUT2D eigenvalue weighted by atomic mass is 32.2. The van der Waals surface area contributed by atoms with Crippen molar-refractivity contribution in [3.8, 4) is 0 Å². The van der Waals surface area contributed by atoms with Crippen molar-refractivity contribution in [3.63, 3.8) is 0 Å². The summed E-state index contributed by atoms with van der Waals surface area (Å²) in [6.07, 6.45) is 0.309. The van der Waals surface area contributed by atoms with Gasteiger partial charge in [-0.15, -0.1) is 0 Å². The van der Waals surface area contributed by atoms with Crippen molar-refractivity contribution in [3.05, 3.63) is 39.7 Å². The van der Waals surface area contributed by atoms with Crippen molar-refractivity contribution >= 4 is 21.4 Å². The molecule has 0 saturated carbocycles. The number of hydrogen-bond acceptors (Lipinski definition) is 5. The summed E-state index contributed by atoms with van der Waals surface area (Å²) in [7, 11) is -3.13. The van der Waals surface area contributed by atoms with Gasteiger partial charge in [-0.3, -0.25) is 14.9 Å². The van der Waals surface area contributed by atoms with E-state index in [0.29, 0.717) is 6.42 Å². The Kier molecular flexibility index (Phi) is 3.71. The quantitative estimate of drug-likeness (QED) is 0.651. The Morgan fingerprint density at radius 1 is 1.45 bits per heavy atom. The van der Waals surface area contributed by atoms with Crippen LogP contribution in [0.5, 0.6) is 0 Å². The number of benzene rings is 1. The first-order valence-corrected chi connectivity index (χ1v) is 7.56. The number of sulfone groups is 1. The number of nitro benzene ring substituents is 1. The third-order valence-corrected chi connectivity index (χ3v) is 4.74. The van der Waals surface area contributed by atoms with Crippen LogP contribution < -0.4 is 5.32 Å². The minimum atomic E-state index is -3.13. The summed E-state index contributed by atoms with van der Waals surface area (Å²) >= 11 is 0. The molecule has 108 valence electrons. The molecule has 1 aliphatic heterocycles. The number of carbonyl (C=O) groups is 1. The number of nitrogens with zero attached hydrogens (tertiary/aromatic N) is 1. The molecule has 9 heteroatoms. The molecule has 1 unspecified atom stereocenters. The van der Waals surface area contributed by atoms with E-state index in [9.17, 15) is 27.7 Å². The zero-order chi connectivity index (χ0) is 14.9.